The van der Waals surface area contributed by atoms with E-state index in [1.165, 1.54) is 0 Å². The molecule has 1 heterocycles. The van der Waals surface area contributed by atoms with E-state index in [1.54, 1.807) is 0 Å². The van der Waals surface area contributed by atoms with Gasteiger partial charge in [0.05, 0.1) is 13.2 Å². The highest BCUT2D eigenvalue weighted by molar-refractivity contribution is 5.81. The van der Waals surface area contributed by atoms with Gasteiger partial charge in [0.25, 0.3) is 0 Å². The Morgan fingerprint density at radius 1 is 1.03 bits per heavy atom. The van der Waals surface area contributed by atoms with Crippen LogP contribution in [0.4, 0.5) is 4.79 Å². The number of ether oxygens (including phenoxy) is 3. The number of aliphatic carboxylic acids is 1. The van der Waals surface area contributed by atoms with E-state index < -0.39 is 24.4 Å². The summed E-state index contributed by atoms with van der Waals surface area (Å²) >= 11 is 0. The highest BCUT2D eigenvalue weighted by Crippen LogP contribution is 2.44. The van der Waals surface area contributed by atoms with Crippen LogP contribution < -0.4 is 5.32 Å². The molecule has 29 heavy (non-hydrogen) atoms. The molecular weight excluding hydrogens is 374 g/mol. The monoisotopic (exact) mass is 397 g/mol. The van der Waals surface area contributed by atoms with Crippen molar-refractivity contribution in [3.05, 3.63) is 59.7 Å². The summed E-state index contributed by atoms with van der Waals surface area (Å²) in [6, 6.07) is 15.0. The third-order valence-electron chi connectivity index (χ3n) is 5.32. The van der Waals surface area contributed by atoms with Gasteiger partial charge in [0, 0.05) is 12.3 Å². The smallest absolute Gasteiger partial charge is 0.407 e. The first-order valence-electron chi connectivity index (χ1n) is 9.71. The molecule has 1 unspecified atom stereocenters. The van der Waals surface area contributed by atoms with Crippen LogP contribution in [0.5, 0.6) is 0 Å². The van der Waals surface area contributed by atoms with Crippen molar-refractivity contribution < 1.29 is 28.9 Å². The van der Waals surface area contributed by atoms with Gasteiger partial charge < -0.3 is 24.6 Å². The molecule has 152 valence electrons. The summed E-state index contributed by atoms with van der Waals surface area (Å²) < 4.78 is 16.0. The second-order valence-electron chi connectivity index (χ2n) is 7.11. The van der Waals surface area contributed by atoms with Crippen molar-refractivity contribution in [2.75, 3.05) is 19.8 Å². The predicted molar refractivity (Wildman–Crippen MR) is 105 cm³/mol. The molecule has 0 radical (unpaired) electrons. The number of carbonyl (C=O) groups is 2. The van der Waals surface area contributed by atoms with Crippen LogP contribution in [-0.2, 0) is 19.0 Å². The summed E-state index contributed by atoms with van der Waals surface area (Å²) in [6.07, 6.45) is -0.571. The molecule has 2 aliphatic rings. The molecule has 2 N–H and O–H groups in total. The van der Waals surface area contributed by atoms with E-state index in [-0.39, 0.29) is 18.9 Å². The minimum atomic E-state index is -1.11. The maximum Gasteiger partial charge on any atom is 0.407 e. The predicted octanol–water partition coefficient (Wildman–Crippen LogP) is 3.13. The normalized spacial score (nSPS) is 16.8. The van der Waals surface area contributed by atoms with Crippen LogP contribution in [-0.4, -0.2) is 49.3 Å². The van der Waals surface area contributed by atoms with Crippen molar-refractivity contribution in [1.82, 2.24) is 5.32 Å². The second kappa shape index (κ2) is 8.63. The van der Waals surface area contributed by atoms with Gasteiger partial charge in [-0.05, 0) is 28.7 Å². The lowest BCUT2D eigenvalue weighted by molar-refractivity contribution is -0.140. The summed E-state index contributed by atoms with van der Waals surface area (Å²) in [5.74, 6) is -1.19. The van der Waals surface area contributed by atoms with Crippen LogP contribution in [0.3, 0.4) is 0 Å². The Labute approximate surface area is 168 Å². The third kappa shape index (κ3) is 4.26. The fourth-order valence-corrected chi connectivity index (χ4v) is 3.92. The van der Waals surface area contributed by atoms with Gasteiger partial charge >= 0.3 is 12.1 Å². The number of hydrogen-bond acceptors (Lipinski definition) is 5. The summed E-state index contributed by atoms with van der Waals surface area (Å²) in [5.41, 5.74) is 4.48. The number of fused-ring (bicyclic) bond motifs is 3. The zero-order valence-corrected chi connectivity index (χ0v) is 15.9. The first kappa shape index (κ1) is 19.4. The van der Waals surface area contributed by atoms with Crippen LogP contribution in [0.1, 0.15) is 29.9 Å². The Morgan fingerprint density at radius 2 is 1.62 bits per heavy atom. The van der Waals surface area contributed by atoms with Gasteiger partial charge in [-0.25, -0.2) is 9.59 Å². The molecule has 1 aliphatic heterocycles. The van der Waals surface area contributed by atoms with Crippen LogP contribution in [0.2, 0.25) is 0 Å². The molecule has 1 amide bonds. The number of alkyl carbamates (subject to hydrolysis) is 1. The Morgan fingerprint density at radius 3 is 2.21 bits per heavy atom. The first-order chi connectivity index (χ1) is 14.1. The molecule has 7 nitrogen and oxygen atoms in total. The second-order valence-corrected chi connectivity index (χ2v) is 7.11. The first-order valence-corrected chi connectivity index (χ1v) is 9.71. The van der Waals surface area contributed by atoms with E-state index in [2.05, 4.69) is 17.4 Å². The van der Waals surface area contributed by atoms with Crippen LogP contribution in [0.25, 0.3) is 11.1 Å². The van der Waals surface area contributed by atoms with Gasteiger partial charge in [-0.1, -0.05) is 48.5 Å². The van der Waals surface area contributed by atoms with Crippen molar-refractivity contribution in [2.45, 2.75) is 31.1 Å². The molecule has 7 heteroatoms. The lowest BCUT2D eigenvalue weighted by atomic mass is 9.98. The molecule has 0 aromatic heterocycles. The van der Waals surface area contributed by atoms with E-state index in [0.717, 1.165) is 22.3 Å². The Balaban J connectivity index is 1.37. The highest BCUT2D eigenvalue weighted by Gasteiger charge is 2.30. The van der Waals surface area contributed by atoms with Crippen molar-refractivity contribution in [1.29, 1.82) is 0 Å². The van der Waals surface area contributed by atoms with E-state index in [9.17, 15) is 14.7 Å². The number of rotatable bonds is 7. The minimum absolute atomic E-state index is 0.0725. The number of benzene rings is 2. The van der Waals surface area contributed by atoms with Gasteiger partial charge in [0.2, 0.25) is 0 Å². The molecule has 4 rings (SSSR count). The number of carboxylic acid groups (broad SMARTS) is 1. The lowest BCUT2D eigenvalue weighted by Gasteiger charge is -2.18. The molecule has 0 bridgehead atoms. The Bertz CT molecular complexity index is 847. The van der Waals surface area contributed by atoms with E-state index in [0.29, 0.717) is 19.6 Å². The summed E-state index contributed by atoms with van der Waals surface area (Å²) in [4.78, 5) is 23.8. The van der Waals surface area contributed by atoms with Gasteiger partial charge in [-0.15, -0.1) is 0 Å². The summed E-state index contributed by atoms with van der Waals surface area (Å²) in [7, 11) is 0. The van der Waals surface area contributed by atoms with E-state index in [1.807, 2.05) is 36.4 Å². The third-order valence-corrected chi connectivity index (χ3v) is 5.32. The van der Waals surface area contributed by atoms with Crippen LogP contribution in [0.15, 0.2) is 48.5 Å². The van der Waals surface area contributed by atoms with Gasteiger partial charge in [-0.3, -0.25) is 0 Å². The standard InChI is InChI=1S/C22H23NO6/c24-21(25)19(9-10-20-27-11-12-28-20)23-22(26)29-13-18-16-7-3-1-5-14(16)15-6-2-4-8-17(15)18/h1-8,18-20H,9-13H2,(H,23,26)(H,24,25). The SMILES string of the molecule is O=C(NC(CCC1OCCO1)C(=O)O)OCC1c2ccccc2-c2ccccc21. The van der Waals surface area contributed by atoms with E-state index in [4.69, 9.17) is 14.2 Å². The van der Waals surface area contributed by atoms with Crippen molar-refractivity contribution in [3.8, 4) is 11.1 Å². The fourth-order valence-electron chi connectivity index (χ4n) is 3.92. The largest absolute Gasteiger partial charge is 0.480 e. The van der Waals surface area contributed by atoms with Crippen molar-refractivity contribution in [3.63, 3.8) is 0 Å². The van der Waals surface area contributed by atoms with Crippen molar-refractivity contribution in [2.24, 2.45) is 0 Å². The van der Waals surface area contributed by atoms with Gasteiger partial charge in [0.1, 0.15) is 12.6 Å². The van der Waals surface area contributed by atoms with E-state index >= 15 is 0 Å². The topological polar surface area (TPSA) is 94.1 Å². The number of carbonyl (C=O) groups excluding carboxylic acids is 1. The molecule has 1 saturated heterocycles. The fraction of sp³-hybridized carbons (Fsp3) is 0.364. The average molecular weight is 397 g/mol. The maximum absolute atomic E-state index is 12.3. The summed E-state index contributed by atoms with van der Waals surface area (Å²) in [5, 5.41) is 11.8. The average Bonchev–Trinajstić information content (AvgIpc) is 3.35. The maximum atomic E-state index is 12.3. The molecule has 1 aliphatic carbocycles. The zero-order chi connectivity index (χ0) is 20.2. The quantitative estimate of drug-likeness (QED) is 0.746. The van der Waals surface area contributed by atoms with Crippen LogP contribution >= 0.6 is 0 Å². The number of amides is 1. The molecular formula is C22H23NO6. The molecule has 0 saturated carbocycles. The number of hydrogen-bond donors (Lipinski definition) is 2. The highest BCUT2D eigenvalue weighted by atomic mass is 16.7. The Hall–Kier alpha value is -2.90. The van der Waals surface area contributed by atoms with Crippen molar-refractivity contribution >= 4 is 12.1 Å². The Kier molecular flexibility index (Phi) is 5.78. The minimum Gasteiger partial charge on any atom is -0.480 e. The molecule has 1 fully saturated rings. The molecule has 2 aromatic carbocycles. The summed E-state index contributed by atoms with van der Waals surface area (Å²) in [6.45, 7) is 1.14. The molecule has 0 spiro atoms. The van der Waals surface area contributed by atoms with Gasteiger partial charge in [-0.2, -0.15) is 0 Å². The molecule has 2 aromatic rings. The number of carboxylic acids is 1. The van der Waals surface area contributed by atoms with Gasteiger partial charge in [0.15, 0.2) is 6.29 Å². The molecule has 1 atom stereocenters. The lowest BCUT2D eigenvalue weighted by Crippen LogP contribution is -2.42. The van der Waals surface area contributed by atoms with Crippen LogP contribution in [0, 0.1) is 0 Å². The number of nitrogens with one attached hydrogen (secondary N) is 1. The zero-order valence-electron chi connectivity index (χ0n) is 15.9.